The summed E-state index contributed by atoms with van der Waals surface area (Å²) in [6.45, 7) is 1.92. The van der Waals surface area contributed by atoms with Crippen molar-refractivity contribution in [1.29, 1.82) is 0 Å². The maximum absolute atomic E-state index is 12.3. The van der Waals surface area contributed by atoms with Gasteiger partial charge in [-0.2, -0.15) is 0 Å². The average Bonchev–Trinajstić information content (AvgIpc) is 3.17. The smallest absolute Gasteiger partial charge is 0.234 e. The average molecular weight is 521 g/mol. The van der Waals surface area contributed by atoms with E-state index in [9.17, 15) is 4.79 Å². The Balaban J connectivity index is 1.42. The molecule has 0 aliphatic carbocycles. The Morgan fingerprint density at radius 2 is 1.88 bits per heavy atom. The lowest BCUT2D eigenvalue weighted by molar-refractivity contribution is -0.113. The van der Waals surface area contributed by atoms with Gasteiger partial charge in [0.15, 0.2) is 4.34 Å². The molecule has 1 amide bonds. The lowest BCUT2D eigenvalue weighted by Crippen LogP contribution is -2.13. The van der Waals surface area contributed by atoms with Gasteiger partial charge in [-0.05, 0) is 55.0 Å². The second-order valence-electron chi connectivity index (χ2n) is 6.83. The van der Waals surface area contributed by atoms with Gasteiger partial charge in [0, 0.05) is 22.5 Å². The highest BCUT2D eigenvalue weighted by Crippen LogP contribution is 2.32. The van der Waals surface area contributed by atoms with E-state index in [-0.39, 0.29) is 11.7 Å². The number of aliphatic imine (C=N–C) groups is 1. The van der Waals surface area contributed by atoms with Crippen LogP contribution in [0.3, 0.4) is 0 Å². The van der Waals surface area contributed by atoms with Gasteiger partial charge in [0.2, 0.25) is 5.91 Å². The maximum atomic E-state index is 12.3. The van der Waals surface area contributed by atoms with E-state index in [4.69, 9.17) is 34.8 Å². The van der Waals surface area contributed by atoms with E-state index in [1.807, 2.05) is 37.3 Å². The summed E-state index contributed by atoms with van der Waals surface area (Å²) < 4.78 is 1.80. The number of thioether (sulfide) groups is 1. The summed E-state index contributed by atoms with van der Waals surface area (Å²) in [5.41, 5.74) is 3.95. The fourth-order valence-electron chi connectivity index (χ4n) is 2.80. The zero-order chi connectivity index (χ0) is 22.7. The summed E-state index contributed by atoms with van der Waals surface area (Å²) >= 11 is 21.4. The Bertz CT molecular complexity index is 1320. The van der Waals surface area contributed by atoms with Crippen LogP contribution in [0, 0.1) is 6.92 Å². The predicted octanol–water partition coefficient (Wildman–Crippen LogP) is 8.05. The van der Waals surface area contributed by atoms with E-state index in [1.54, 1.807) is 30.5 Å². The number of carbonyl (C=O) groups is 1. The molecule has 0 fully saturated rings. The minimum atomic E-state index is -0.115. The van der Waals surface area contributed by atoms with Gasteiger partial charge in [-0.15, -0.1) is 11.3 Å². The van der Waals surface area contributed by atoms with Crippen molar-refractivity contribution in [2.24, 2.45) is 4.99 Å². The van der Waals surface area contributed by atoms with Crippen molar-refractivity contribution in [1.82, 2.24) is 4.98 Å². The molecule has 0 unspecified atom stereocenters. The lowest BCUT2D eigenvalue weighted by Gasteiger charge is -2.06. The molecule has 4 nitrogen and oxygen atoms in total. The number of nitrogens with one attached hydrogen (secondary N) is 1. The quantitative estimate of drug-likeness (QED) is 0.207. The van der Waals surface area contributed by atoms with Gasteiger partial charge < -0.3 is 5.32 Å². The van der Waals surface area contributed by atoms with Crippen LogP contribution in [-0.2, 0) is 4.79 Å². The van der Waals surface area contributed by atoms with Crippen LogP contribution in [0.25, 0.3) is 10.2 Å². The number of aryl methyl sites for hydroxylation is 1. The van der Waals surface area contributed by atoms with Crippen LogP contribution < -0.4 is 5.32 Å². The molecule has 0 radical (unpaired) electrons. The van der Waals surface area contributed by atoms with E-state index in [1.165, 1.54) is 23.1 Å². The molecule has 1 N–H and O–H groups in total. The third-order valence-electron chi connectivity index (χ3n) is 4.48. The summed E-state index contributed by atoms with van der Waals surface area (Å²) in [4.78, 5) is 21.4. The Labute approximate surface area is 208 Å². The SMILES string of the molecule is Cc1ccc(NC(=O)CSc2nc3ccc(N=Cc4c(Cl)cccc4Cl)cc3s2)cc1Cl. The van der Waals surface area contributed by atoms with Crippen LogP contribution in [0.15, 0.2) is 63.9 Å². The molecular weight excluding hydrogens is 505 g/mol. The number of halogens is 3. The number of amides is 1. The van der Waals surface area contributed by atoms with Crippen LogP contribution in [0.4, 0.5) is 11.4 Å². The Morgan fingerprint density at radius 1 is 1.09 bits per heavy atom. The normalized spacial score (nSPS) is 11.4. The van der Waals surface area contributed by atoms with Gasteiger partial charge >= 0.3 is 0 Å². The zero-order valence-electron chi connectivity index (χ0n) is 16.7. The molecular formula is C23H16Cl3N3OS2. The highest BCUT2D eigenvalue weighted by molar-refractivity contribution is 8.01. The number of hydrogen-bond donors (Lipinski definition) is 1. The lowest BCUT2D eigenvalue weighted by atomic mass is 10.2. The molecule has 1 heterocycles. The predicted molar refractivity (Wildman–Crippen MR) is 139 cm³/mol. The van der Waals surface area contributed by atoms with E-state index in [2.05, 4.69) is 15.3 Å². The second-order valence-corrected chi connectivity index (χ2v) is 10.3. The van der Waals surface area contributed by atoms with Crippen molar-refractivity contribution in [3.63, 3.8) is 0 Å². The number of anilines is 1. The molecule has 32 heavy (non-hydrogen) atoms. The summed E-state index contributed by atoms with van der Waals surface area (Å²) in [6.07, 6.45) is 1.66. The second kappa shape index (κ2) is 10.2. The number of carbonyl (C=O) groups excluding carboxylic acids is 1. The number of thiazole rings is 1. The van der Waals surface area contributed by atoms with Crippen LogP contribution in [0.1, 0.15) is 11.1 Å². The minimum Gasteiger partial charge on any atom is -0.325 e. The number of rotatable bonds is 6. The Hall–Kier alpha value is -2.09. The molecule has 0 bridgehead atoms. The monoisotopic (exact) mass is 519 g/mol. The summed E-state index contributed by atoms with van der Waals surface area (Å²) in [7, 11) is 0. The van der Waals surface area contributed by atoms with Crippen molar-refractivity contribution in [2.75, 3.05) is 11.1 Å². The van der Waals surface area contributed by atoms with Crippen molar-refractivity contribution >= 4 is 91.6 Å². The molecule has 0 atom stereocenters. The van der Waals surface area contributed by atoms with Gasteiger partial charge in [-0.25, -0.2) is 4.98 Å². The standard InChI is InChI=1S/C23H16Cl3N3OS2/c1-13-5-6-15(9-19(13)26)28-22(30)12-31-23-29-20-8-7-14(10-21(20)32-23)27-11-16-17(24)3-2-4-18(16)25/h2-11H,12H2,1H3,(H,28,30). The number of nitrogens with zero attached hydrogens (tertiary/aromatic N) is 2. The molecule has 0 saturated heterocycles. The van der Waals surface area contributed by atoms with Gasteiger partial charge in [0.05, 0.1) is 31.7 Å². The number of fused-ring (bicyclic) bond motifs is 1. The fourth-order valence-corrected chi connectivity index (χ4v) is 5.38. The molecule has 1 aromatic heterocycles. The zero-order valence-corrected chi connectivity index (χ0v) is 20.6. The molecule has 0 saturated carbocycles. The number of aromatic nitrogens is 1. The first-order valence-electron chi connectivity index (χ1n) is 9.46. The third kappa shape index (κ3) is 5.63. The first-order valence-corrected chi connectivity index (χ1v) is 12.4. The first kappa shape index (κ1) is 23.1. The molecule has 0 spiro atoms. The topological polar surface area (TPSA) is 54.4 Å². The fraction of sp³-hybridized carbons (Fsp3) is 0.0870. The van der Waals surface area contributed by atoms with Crippen LogP contribution >= 0.6 is 57.9 Å². The molecule has 0 aliphatic heterocycles. The van der Waals surface area contributed by atoms with Gasteiger partial charge in [-0.1, -0.05) is 58.7 Å². The van der Waals surface area contributed by atoms with Crippen molar-refractivity contribution in [3.8, 4) is 0 Å². The molecule has 3 aromatic carbocycles. The molecule has 0 aliphatic rings. The van der Waals surface area contributed by atoms with E-state index in [0.717, 1.165) is 25.8 Å². The van der Waals surface area contributed by atoms with Gasteiger partial charge in [-0.3, -0.25) is 9.79 Å². The van der Waals surface area contributed by atoms with Crippen LogP contribution in [0.5, 0.6) is 0 Å². The summed E-state index contributed by atoms with van der Waals surface area (Å²) in [5, 5.41) is 4.57. The van der Waals surface area contributed by atoms with Gasteiger partial charge in [0.1, 0.15) is 0 Å². The van der Waals surface area contributed by atoms with Crippen LogP contribution in [-0.4, -0.2) is 22.9 Å². The largest absolute Gasteiger partial charge is 0.325 e. The van der Waals surface area contributed by atoms with Crippen molar-refractivity contribution in [2.45, 2.75) is 11.3 Å². The molecule has 162 valence electrons. The van der Waals surface area contributed by atoms with Crippen LogP contribution in [0.2, 0.25) is 15.1 Å². The highest BCUT2D eigenvalue weighted by Gasteiger charge is 2.10. The number of hydrogen-bond acceptors (Lipinski definition) is 5. The van der Waals surface area contributed by atoms with E-state index >= 15 is 0 Å². The summed E-state index contributed by atoms with van der Waals surface area (Å²) in [6, 6.07) is 16.5. The minimum absolute atomic E-state index is 0.115. The first-order chi connectivity index (χ1) is 15.4. The maximum Gasteiger partial charge on any atom is 0.234 e. The van der Waals surface area contributed by atoms with Crippen molar-refractivity contribution < 1.29 is 4.79 Å². The van der Waals surface area contributed by atoms with Crippen molar-refractivity contribution in [3.05, 3.63) is 80.8 Å². The molecule has 9 heteroatoms. The van der Waals surface area contributed by atoms with E-state index < -0.39 is 0 Å². The third-order valence-corrected chi connectivity index (χ3v) is 7.70. The Morgan fingerprint density at radius 3 is 2.62 bits per heavy atom. The van der Waals surface area contributed by atoms with E-state index in [0.29, 0.717) is 26.3 Å². The summed E-state index contributed by atoms with van der Waals surface area (Å²) in [5.74, 6) is 0.137. The van der Waals surface area contributed by atoms with Gasteiger partial charge in [0.25, 0.3) is 0 Å². The molecule has 4 aromatic rings. The highest BCUT2D eigenvalue weighted by atomic mass is 35.5. The molecule has 4 rings (SSSR count). The Kier molecular flexibility index (Phi) is 7.38. The number of benzene rings is 3.